The van der Waals surface area contributed by atoms with Gasteiger partial charge in [0.25, 0.3) is 0 Å². The number of hydrogen-bond acceptors (Lipinski definition) is 4. The summed E-state index contributed by atoms with van der Waals surface area (Å²) in [5.74, 6) is 0.513. The number of nitrogens with zero attached hydrogens (tertiary/aromatic N) is 3. The van der Waals surface area contributed by atoms with Crippen molar-refractivity contribution < 1.29 is 13.2 Å². The Morgan fingerprint density at radius 1 is 1.14 bits per heavy atom. The molecule has 0 radical (unpaired) electrons. The van der Waals surface area contributed by atoms with Crippen molar-refractivity contribution in [2.75, 3.05) is 13.3 Å². The lowest BCUT2D eigenvalue weighted by molar-refractivity contribution is -0.124. The number of nitrogens with one attached hydrogen (secondary N) is 1. The second-order valence-corrected chi connectivity index (χ2v) is 8.86. The third-order valence-electron chi connectivity index (χ3n) is 4.76. The van der Waals surface area contributed by atoms with E-state index in [4.69, 9.17) is 0 Å². The molecule has 2 aromatic carbocycles. The van der Waals surface area contributed by atoms with Gasteiger partial charge in [-0.3, -0.25) is 4.79 Å². The lowest BCUT2D eigenvalue weighted by atomic mass is 10.1. The summed E-state index contributed by atoms with van der Waals surface area (Å²) in [5, 5.41) is 2.85. The molecule has 3 aromatic rings. The highest BCUT2D eigenvalue weighted by molar-refractivity contribution is 7.88. The third-order valence-corrected chi connectivity index (χ3v) is 6.01. The van der Waals surface area contributed by atoms with Crippen LogP contribution in [0.25, 0.3) is 5.69 Å². The third kappa shape index (κ3) is 4.90. The summed E-state index contributed by atoms with van der Waals surface area (Å²) < 4.78 is 27.1. The molecular formula is C21H24N4O3S. The number of carbonyl (C=O) groups excluding carboxylic acids is 1. The van der Waals surface area contributed by atoms with Crippen molar-refractivity contribution in [3.05, 3.63) is 83.9 Å². The Morgan fingerprint density at radius 2 is 1.79 bits per heavy atom. The molecular weight excluding hydrogens is 388 g/mol. The Hall–Kier alpha value is -2.97. The molecule has 0 aliphatic carbocycles. The van der Waals surface area contributed by atoms with E-state index >= 15 is 0 Å². The van der Waals surface area contributed by atoms with Crippen LogP contribution in [0.1, 0.15) is 23.0 Å². The smallest absolute Gasteiger partial charge is 0.243 e. The topological polar surface area (TPSA) is 84.3 Å². The number of aryl methyl sites for hydroxylation is 1. The van der Waals surface area contributed by atoms with Gasteiger partial charge in [-0.15, -0.1) is 0 Å². The Labute approximate surface area is 171 Å². The zero-order valence-electron chi connectivity index (χ0n) is 16.6. The average Bonchev–Trinajstić information content (AvgIpc) is 3.13. The van der Waals surface area contributed by atoms with Gasteiger partial charge >= 0.3 is 0 Å². The van der Waals surface area contributed by atoms with Crippen LogP contribution in [-0.2, 0) is 21.4 Å². The molecule has 0 aliphatic heterocycles. The van der Waals surface area contributed by atoms with Gasteiger partial charge in [-0.05, 0) is 30.2 Å². The second-order valence-electron chi connectivity index (χ2n) is 6.82. The fourth-order valence-electron chi connectivity index (χ4n) is 3.06. The molecule has 8 heteroatoms. The number of likely N-dealkylation sites (N-methyl/N-ethyl adjacent to an activating group) is 1. The average molecular weight is 413 g/mol. The predicted molar refractivity (Wildman–Crippen MR) is 112 cm³/mol. The number of amides is 1. The van der Waals surface area contributed by atoms with Crippen LogP contribution in [0, 0.1) is 6.92 Å². The molecule has 1 unspecified atom stereocenters. The first-order valence-corrected chi connectivity index (χ1v) is 11.0. The van der Waals surface area contributed by atoms with Gasteiger partial charge in [0, 0.05) is 31.7 Å². The minimum atomic E-state index is -3.55. The number of rotatable bonds is 7. The molecule has 1 heterocycles. The maximum Gasteiger partial charge on any atom is 0.243 e. The van der Waals surface area contributed by atoms with E-state index in [9.17, 15) is 13.2 Å². The molecule has 152 valence electrons. The number of aromatic nitrogens is 2. The molecule has 0 saturated carbocycles. The van der Waals surface area contributed by atoms with Crippen LogP contribution in [0.4, 0.5) is 0 Å². The molecule has 0 aliphatic rings. The van der Waals surface area contributed by atoms with Crippen molar-refractivity contribution in [2.24, 2.45) is 0 Å². The van der Waals surface area contributed by atoms with Crippen LogP contribution >= 0.6 is 0 Å². The highest BCUT2D eigenvalue weighted by atomic mass is 32.2. The summed E-state index contributed by atoms with van der Waals surface area (Å²) in [6.07, 6.45) is 4.72. The fraction of sp³-hybridized carbons (Fsp3) is 0.238. The SMILES string of the molecule is Cc1nccn1-c1ccc(CNC(=O)C(c2ccccc2)N(C)S(C)(=O)=O)cc1. The fourth-order valence-corrected chi connectivity index (χ4v) is 3.66. The monoisotopic (exact) mass is 412 g/mol. The van der Waals surface area contributed by atoms with Gasteiger partial charge in [0.05, 0.1) is 6.26 Å². The standard InChI is InChI=1S/C21H24N4O3S/c1-16-22-13-14-25(16)19-11-9-17(10-12-19)15-23-21(26)20(24(2)29(3,27)28)18-7-5-4-6-8-18/h4-14,20H,15H2,1-3H3,(H,23,26). The molecule has 1 N–H and O–H groups in total. The highest BCUT2D eigenvalue weighted by Gasteiger charge is 2.30. The first-order valence-electron chi connectivity index (χ1n) is 9.12. The van der Waals surface area contributed by atoms with Crippen LogP contribution < -0.4 is 5.32 Å². The van der Waals surface area contributed by atoms with E-state index in [1.807, 2.05) is 48.0 Å². The van der Waals surface area contributed by atoms with Crippen LogP contribution in [-0.4, -0.2) is 41.5 Å². The quantitative estimate of drug-likeness (QED) is 0.646. The summed E-state index contributed by atoms with van der Waals surface area (Å²) in [4.78, 5) is 17.1. The van der Waals surface area contributed by atoms with Crippen molar-refractivity contribution in [2.45, 2.75) is 19.5 Å². The number of benzene rings is 2. The van der Waals surface area contributed by atoms with Gasteiger partial charge in [-0.25, -0.2) is 13.4 Å². The lowest BCUT2D eigenvalue weighted by Gasteiger charge is -2.25. The van der Waals surface area contributed by atoms with Crippen molar-refractivity contribution >= 4 is 15.9 Å². The summed E-state index contributed by atoms with van der Waals surface area (Å²) in [6, 6.07) is 15.7. The first-order chi connectivity index (χ1) is 13.8. The zero-order chi connectivity index (χ0) is 21.0. The summed E-state index contributed by atoms with van der Waals surface area (Å²) in [7, 11) is -2.14. The van der Waals surface area contributed by atoms with Crippen molar-refractivity contribution in [1.82, 2.24) is 19.2 Å². The van der Waals surface area contributed by atoms with Crippen molar-refractivity contribution in [3.8, 4) is 5.69 Å². The number of sulfonamides is 1. The van der Waals surface area contributed by atoms with Gasteiger partial charge in [0.2, 0.25) is 15.9 Å². The maximum absolute atomic E-state index is 12.9. The molecule has 1 amide bonds. The van der Waals surface area contributed by atoms with E-state index < -0.39 is 16.1 Å². The maximum atomic E-state index is 12.9. The van der Waals surface area contributed by atoms with Gasteiger partial charge in [0.1, 0.15) is 11.9 Å². The largest absolute Gasteiger partial charge is 0.350 e. The molecule has 7 nitrogen and oxygen atoms in total. The summed E-state index contributed by atoms with van der Waals surface area (Å²) in [5.41, 5.74) is 2.51. The Kier molecular flexibility index (Phi) is 6.14. The minimum absolute atomic E-state index is 0.295. The van der Waals surface area contributed by atoms with E-state index in [-0.39, 0.29) is 5.91 Å². The second kappa shape index (κ2) is 8.59. The molecule has 1 aromatic heterocycles. The number of hydrogen-bond donors (Lipinski definition) is 1. The molecule has 0 saturated heterocycles. The molecule has 0 fully saturated rings. The predicted octanol–water partition coefficient (Wildman–Crippen LogP) is 2.43. The number of imidazole rings is 1. The van der Waals surface area contributed by atoms with E-state index in [0.29, 0.717) is 12.1 Å². The highest BCUT2D eigenvalue weighted by Crippen LogP contribution is 2.22. The van der Waals surface area contributed by atoms with E-state index in [1.165, 1.54) is 7.05 Å². The molecule has 1 atom stereocenters. The molecule has 3 rings (SSSR count). The molecule has 0 spiro atoms. The van der Waals surface area contributed by atoms with Crippen LogP contribution in [0.2, 0.25) is 0 Å². The van der Waals surface area contributed by atoms with E-state index in [2.05, 4.69) is 10.3 Å². The van der Waals surface area contributed by atoms with Gasteiger partial charge in [-0.2, -0.15) is 4.31 Å². The first kappa shape index (κ1) is 20.8. The minimum Gasteiger partial charge on any atom is -0.350 e. The summed E-state index contributed by atoms with van der Waals surface area (Å²) >= 11 is 0. The molecule has 29 heavy (non-hydrogen) atoms. The van der Waals surface area contributed by atoms with Crippen LogP contribution in [0.15, 0.2) is 67.0 Å². The van der Waals surface area contributed by atoms with Crippen LogP contribution in [0.3, 0.4) is 0 Å². The normalized spacial score (nSPS) is 12.7. The van der Waals surface area contributed by atoms with E-state index in [1.54, 1.807) is 30.5 Å². The van der Waals surface area contributed by atoms with Crippen molar-refractivity contribution in [1.29, 1.82) is 0 Å². The van der Waals surface area contributed by atoms with Crippen molar-refractivity contribution in [3.63, 3.8) is 0 Å². The molecule has 0 bridgehead atoms. The van der Waals surface area contributed by atoms with Gasteiger partial charge in [-0.1, -0.05) is 42.5 Å². The summed E-state index contributed by atoms with van der Waals surface area (Å²) in [6.45, 7) is 2.22. The van der Waals surface area contributed by atoms with Gasteiger partial charge in [0.15, 0.2) is 0 Å². The van der Waals surface area contributed by atoms with Gasteiger partial charge < -0.3 is 9.88 Å². The number of carbonyl (C=O) groups is 1. The Bertz CT molecular complexity index is 1080. The Morgan fingerprint density at radius 3 is 2.34 bits per heavy atom. The zero-order valence-corrected chi connectivity index (χ0v) is 17.4. The van der Waals surface area contributed by atoms with Crippen LogP contribution in [0.5, 0.6) is 0 Å². The Balaban J connectivity index is 1.74. The van der Waals surface area contributed by atoms with E-state index in [0.717, 1.165) is 27.6 Å². The lowest BCUT2D eigenvalue weighted by Crippen LogP contribution is -2.41.